The van der Waals surface area contributed by atoms with Crippen molar-refractivity contribution in [3.05, 3.63) is 47.7 Å². The van der Waals surface area contributed by atoms with Crippen LogP contribution in [0.3, 0.4) is 0 Å². The van der Waals surface area contributed by atoms with E-state index in [0.717, 1.165) is 55.1 Å². The third-order valence-corrected chi connectivity index (χ3v) is 9.53. The fraction of sp³-hybridized carbons (Fsp3) is 0.484. The first-order valence-corrected chi connectivity index (χ1v) is 18.6. The molecular weight excluding hydrogens is 723 g/mol. The van der Waals surface area contributed by atoms with Gasteiger partial charge in [0.25, 0.3) is 11.8 Å². The summed E-state index contributed by atoms with van der Waals surface area (Å²) < 4.78 is 47.5. The number of carboxylic acid groups (broad SMARTS) is 1. The number of hydrogen-bond donors (Lipinski definition) is 5. The van der Waals surface area contributed by atoms with Gasteiger partial charge in [0.15, 0.2) is 17.4 Å². The minimum atomic E-state index is -5.26. The number of carbonyl (C=O) groups excluding carboxylic acids is 2. The van der Waals surface area contributed by atoms with Crippen molar-refractivity contribution in [3.8, 4) is 16.9 Å². The Morgan fingerprint density at radius 3 is 2.56 bits per heavy atom. The van der Waals surface area contributed by atoms with Gasteiger partial charge in [0.2, 0.25) is 22.7 Å². The zero-order valence-corrected chi connectivity index (χ0v) is 30.1. The van der Waals surface area contributed by atoms with Crippen molar-refractivity contribution < 1.29 is 51.0 Å². The van der Waals surface area contributed by atoms with E-state index in [2.05, 4.69) is 46.8 Å². The Balaban J connectivity index is 1.17. The van der Waals surface area contributed by atoms with E-state index >= 15 is 0 Å². The van der Waals surface area contributed by atoms with E-state index in [1.54, 1.807) is 0 Å². The van der Waals surface area contributed by atoms with E-state index in [0.29, 0.717) is 23.3 Å². The number of oxime groups is 1. The first-order chi connectivity index (χ1) is 24.7. The highest BCUT2D eigenvalue weighted by Crippen LogP contribution is 2.33. The van der Waals surface area contributed by atoms with Crippen LogP contribution in [0, 0.1) is 5.92 Å². The van der Waals surface area contributed by atoms with Crippen molar-refractivity contribution in [3.63, 3.8) is 0 Å². The van der Waals surface area contributed by atoms with Gasteiger partial charge in [0.1, 0.15) is 17.5 Å². The first-order valence-electron chi connectivity index (χ1n) is 16.4. The van der Waals surface area contributed by atoms with Crippen molar-refractivity contribution in [1.29, 1.82) is 0 Å². The monoisotopic (exact) mass is 763 g/mol. The molecule has 2 aliphatic rings. The maximum atomic E-state index is 13.2. The molecule has 2 aliphatic heterocycles. The summed E-state index contributed by atoms with van der Waals surface area (Å²) in [5.41, 5.74) is 11.5. The number of aliphatic carboxylic acids is 1. The molecule has 7 N–H and O–H groups in total. The molecule has 0 spiro atoms. The molecule has 282 valence electrons. The summed E-state index contributed by atoms with van der Waals surface area (Å²) in [6.45, 7) is 7.23. The molecule has 2 amide bonds. The Morgan fingerprint density at radius 2 is 1.98 bits per heavy atom. The largest absolute Gasteiger partial charge is 0.724 e. The summed E-state index contributed by atoms with van der Waals surface area (Å²) in [5, 5.41) is 21.0. The fourth-order valence-electron chi connectivity index (χ4n) is 5.56. The van der Waals surface area contributed by atoms with Crippen molar-refractivity contribution >= 4 is 50.4 Å². The van der Waals surface area contributed by atoms with E-state index in [4.69, 9.17) is 21.0 Å². The number of β-lactam (4-membered cyclic amide) rings is 1. The lowest BCUT2D eigenvalue weighted by molar-refractivity contribution is -0.781. The predicted octanol–water partition coefficient (Wildman–Crippen LogP) is -0.420. The van der Waals surface area contributed by atoms with Gasteiger partial charge in [-0.25, -0.2) is 18.2 Å². The summed E-state index contributed by atoms with van der Waals surface area (Å²) in [5.74, 6) is -2.18. The van der Waals surface area contributed by atoms with Gasteiger partial charge in [-0.05, 0) is 50.9 Å². The molecule has 4 heterocycles. The zero-order chi connectivity index (χ0) is 37.6. The number of nitrogens with zero attached hydrogens (tertiary/aromatic N) is 5. The molecule has 0 saturated carbocycles. The topological polar surface area (TPSA) is 270 Å². The molecule has 0 aliphatic carbocycles. The van der Waals surface area contributed by atoms with Crippen LogP contribution in [-0.2, 0) is 47.0 Å². The second-order valence-corrected chi connectivity index (χ2v) is 14.7. The molecule has 0 radical (unpaired) electrons. The number of nitrogen functional groups attached to an aromatic ring is 1. The minimum Gasteiger partial charge on any atom is -0.724 e. The van der Waals surface area contributed by atoms with Crippen LogP contribution in [0.5, 0.6) is 5.75 Å². The molecule has 1 aromatic carbocycles. The Labute approximate surface area is 303 Å². The number of aryl methyl sites for hydroxylation is 1. The van der Waals surface area contributed by atoms with Crippen molar-refractivity contribution in [2.75, 3.05) is 32.0 Å². The van der Waals surface area contributed by atoms with Gasteiger partial charge in [-0.1, -0.05) is 17.3 Å². The third kappa shape index (κ3) is 9.40. The third-order valence-electron chi connectivity index (χ3n) is 8.52. The quantitative estimate of drug-likeness (QED) is 0.0198. The number of rotatable bonds is 19. The Hall–Kier alpha value is -4.67. The predicted molar refractivity (Wildman–Crippen MR) is 184 cm³/mol. The maximum absolute atomic E-state index is 13.2. The van der Waals surface area contributed by atoms with Gasteiger partial charge in [0.05, 0.1) is 30.5 Å². The van der Waals surface area contributed by atoms with Gasteiger partial charge in [-0.2, -0.15) is 14.0 Å². The van der Waals surface area contributed by atoms with Gasteiger partial charge in [-0.15, -0.1) is 16.0 Å². The standard InChI is InChI=1S/C31H41N9O10S2/c1-31(2)26(28(42)40(31)50-52(45,46)47)36-27(41)25(23-18-51-30(33)35-23)37-49-24(29(43)44)5-3-12-48-22-8-6-20(7-9-22)21-16-38(11-4-10-32)39(17-21)15-19-13-34-14-19/h6-9,16-19,24,26,34H,3-5,10-15,32H2,1-2H3,(H4-,33,35,36,41,43,44,45,46,47)/b37-25-/t24?,26-/m1/s1. The van der Waals surface area contributed by atoms with Crippen LogP contribution >= 0.6 is 11.3 Å². The van der Waals surface area contributed by atoms with Crippen molar-refractivity contribution in [1.82, 2.24) is 25.4 Å². The van der Waals surface area contributed by atoms with E-state index in [1.807, 2.05) is 24.3 Å². The lowest BCUT2D eigenvalue weighted by Gasteiger charge is -2.51. The minimum absolute atomic E-state index is 0.0397. The van der Waals surface area contributed by atoms with Crippen molar-refractivity contribution in [2.45, 2.75) is 63.9 Å². The summed E-state index contributed by atoms with van der Waals surface area (Å²) in [7, 11) is -5.26. The summed E-state index contributed by atoms with van der Waals surface area (Å²) in [6, 6.07) is 6.25. The molecule has 52 heavy (non-hydrogen) atoms. The summed E-state index contributed by atoms with van der Waals surface area (Å²) in [6.07, 6.45) is 3.86. The Kier molecular flexibility index (Phi) is 12.1. The molecule has 3 aromatic rings. The van der Waals surface area contributed by atoms with Gasteiger partial charge < -0.3 is 41.3 Å². The molecule has 2 saturated heterocycles. The number of carboxylic acids is 1. The average molecular weight is 764 g/mol. The average Bonchev–Trinajstić information content (AvgIpc) is 3.69. The summed E-state index contributed by atoms with van der Waals surface area (Å²) in [4.78, 5) is 47.0. The second kappa shape index (κ2) is 16.3. The van der Waals surface area contributed by atoms with E-state index < -0.39 is 51.6 Å². The number of amides is 2. The zero-order valence-electron chi connectivity index (χ0n) is 28.5. The normalized spacial score (nSPS) is 18.0. The maximum Gasteiger partial charge on any atom is 0.347 e. The lowest BCUT2D eigenvalue weighted by Crippen LogP contribution is -2.76. The smallest absolute Gasteiger partial charge is 0.347 e. The molecule has 21 heteroatoms. The molecule has 19 nitrogen and oxygen atoms in total. The van der Waals surface area contributed by atoms with Crippen LogP contribution in [0.4, 0.5) is 5.13 Å². The van der Waals surface area contributed by atoms with E-state index in [9.17, 15) is 32.5 Å². The number of benzene rings is 1. The summed E-state index contributed by atoms with van der Waals surface area (Å²) >= 11 is 0.972. The highest BCUT2D eigenvalue weighted by molar-refractivity contribution is 7.80. The van der Waals surface area contributed by atoms with Gasteiger partial charge in [-0.3, -0.25) is 9.59 Å². The molecule has 1 unspecified atom stereocenters. The van der Waals surface area contributed by atoms with Crippen LogP contribution in [0.1, 0.15) is 38.8 Å². The van der Waals surface area contributed by atoms with E-state index in [1.165, 1.54) is 19.2 Å². The number of hydroxylamine groups is 2. The van der Waals surface area contributed by atoms with Crippen LogP contribution in [0.2, 0.25) is 0 Å². The number of anilines is 1. The van der Waals surface area contributed by atoms with Crippen LogP contribution in [0.25, 0.3) is 11.1 Å². The first kappa shape index (κ1) is 38.6. The number of carbonyl (C=O) groups is 3. The van der Waals surface area contributed by atoms with Crippen molar-refractivity contribution in [2.24, 2.45) is 16.8 Å². The SMILES string of the molecule is CC1(C)[C@H](NC(=O)/C(=N\OC(CCCOc2ccc(-c3cn(CCCN)[n+](CC4CNC4)c3)cc2)C(=O)O)c2csc(N)n2)C(=O)N1OS(=O)(=O)[O-]. The van der Waals surface area contributed by atoms with E-state index in [-0.39, 0.29) is 30.3 Å². The number of aromatic nitrogens is 3. The fourth-order valence-corrected chi connectivity index (χ4v) is 6.55. The molecule has 2 atom stereocenters. The second-order valence-electron chi connectivity index (χ2n) is 12.8. The Morgan fingerprint density at radius 1 is 1.25 bits per heavy atom. The molecule has 2 fully saturated rings. The van der Waals surface area contributed by atoms with Gasteiger partial charge in [0, 0.05) is 30.8 Å². The van der Waals surface area contributed by atoms with Crippen LogP contribution in [-0.4, -0.2) is 100 Å². The highest BCUT2D eigenvalue weighted by atomic mass is 32.3. The van der Waals surface area contributed by atoms with Crippen LogP contribution < -0.4 is 31.5 Å². The number of nitrogens with two attached hydrogens (primary N) is 2. The van der Waals surface area contributed by atoms with Crippen LogP contribution in [0.15, 0.2) is 47.2 Å². The molecule has 0 bridgehead atoms. The number of hydrogen-bond acceptors (Lipinski definition) is 15. The number of nitrogens with one attached hydrogen (secondary N) is 2. The number of ether oxygens (including phenoxy) is 1. The van der Waals surface area contributed by atoms with Gasteiger partial charge >= 0.3 is 5.97 Å². The lowest BCUT2D eigenvalue weighted by atomic mass is 9.84. The highest BCUT2D eigenvalue weighted by Gasteiger charge is 2.57. The molecule has 2 aromatic heterocycles. The molecule has 5 rings (SSSR count). The molecular formula is C31H41N9O10S2. The Bertz CT molecular complexity index is 1890. The number of thiazole rings is 1.